The number of hydrogen-bond acceptors (Lipinski definition) is 5. The Morgan fingerprint density at radius 1 is 1.13 bits per heavy atom. The molecule has 4 aromatic rings. The highest BCUT2D eigenvalue weighted by Crippen LogP contribution is 2.19. The molecule has 0 bridgehead atoms. The standard InChI is InChI=1S/C23H22N4O3/c1-3-4-13-27-23(29)18-11-7-6-10-17(18)21(26-27)22(28)25-24-15(2)20-14-16-9-5-8-12-19(16)30-20/h5-12,14H,3-4,13H2,1-2H3,(H,25,28)/b24-15-. The van der Waals surface area contributed by atoms with E-state index in [0.29, 0.717) is 28.8 Å². The monoisotopic (exact) mass is 402 g/mol. The van der Waals surface area contributed by atoms with Crippen LogP contribution in [-0.2, 0) is 6.54 Å². The number of aromatic nitrogens is 2. The molecule has 0 saturated carbocycles. The normalized spacial score (nSPS) is 11.9. The molecule has 152 valence electrons. The maximum absolute atomic E-state index is 12.9. The molecule has 0 spiro atoms. The van der Waals surface area contributed by atoms with Gasteiger partial charge in [0.2, 0.25) is 0 Å². The number of nitrogens with one attached hydrogen (secondary N) is 1. The highest BCUT2D eigenvalue weighted by Gasteiger charge is 2.16. The van der Waals surface area contributed by atoms with Crippen molar-refractivity contribution in [2.75, 3.05) is 0 Å². The summed E-state index contributed by atoms with van der Waals surface area (Å²) in [4.78, 5) is 25.6. The Kier molecular flexibility index (Phi) is 5.43. The number of amides is 1. The molecule has 1 N–H and O–H groups in total. The maximum Gasteiger partial charge on any atom is 0.292 e. The number of aryl methyl sites for hydroxylation is 1. The van der Waals surface area contributed by atoms with Gasteiger partial charge in [-0.1, -0.05) is 49.7 Å². The van der Waals surface area contributed by atoms with Crippen LogP contribution in [0.1, 0.15) is 42.9 Å². The van der Waals surface area contributed by atoms with E-state index < -0.39 is 5.91 Å². The van der Waals surface area contributed by atoms with Crippen molar-refractivity contribution in [3.8, 4) is 0 Å². The fourth-order valence-corrected chi connectivity index (χ4v) is 3.27. The molecular formula is C23H22N4O3. The molecule has 0 fully saturated rings. The zero-order valence-corrected chi connectivity index (χ0v) is 16.9. The lowest BCUT2D eigenvalue weighted by molar-refractivity contribution is 0.0949. The van der Waals surface area contributed by atoms with Crippen molar-refractivity contribution in [1.29, 1.82) is 0 Å². The van der Waals surface area contributed by atoms with Crippen molar-refractivity contribution < 1.29 is 9.21 Å². The molecular weight excluding hydrogens is 380 g/mol. The molecule has 2 aromatic carbocycles. The average Bonchev–Trinajstić information content (AvgIpc) is 3.21. The number of hydrogen-bond donors (Lipinski definition) is 1. The highest BCUT2D eigenvalue weighted by molar-refractivity contribution is 6.06. The van der Waals surface area contributed by atoms with Crippen LogP contribution in [0.3, 0.4) is 0 Å². The van der Waals surface area contributed by atoms with Gasteiger partial charge >= 0.3 is 0 Å². The van der Waals surface area contributed by atoms with Gasteiger partial charge in [-0.2, -0.15) is 10.2 Å². The minimum absolute atomic E-state index is 0.169. The molecule has 0 radical (unpaired) electrons. The second-order valence-corrected chi connectivity index (χ2v) is 7.06. The van der Waals surface area contributed by atoms with Crippen LogP contribution < -0.4 is 11.0 Å². The Bertz CT molecular complexity index is 1280. The number of benzene rings is 2. The van der Waals surface area contributed by atoms with Gasteiger partial charge in [0.05, 0.1) is 5.39 Å². The number of unbranched alkanes of at least 4 members (excludes halogenated alkanes) is 1. The summed E-state index contributed by atoms with van der Waals surface area (Å²) in [6.45, 7) is 4.25. The summed E-state index contributed by atoms with van der Waals surface area (Å²) in [7, 11) is 0. The minimum atomic E-state index is -0.480. The summed E-state index contributed by atoms with van der Waals surface area (Å²) in [5.41, 5.74) is 3.80. The van der Waals surface area contributed by atoms with E-state index >= 15 is 0 Å². The molecule has 0 aliphatic heterocycles. The molecule has 7 nitrogen and oxygen atoms in total. The van der Waals surface area contributed by atoms with Crippen LogP contribution in [0.25, 0.3) is 21.7 Å². The van der Waals surface area contributed by atoms with E-state index in [4.69, 9.17) is 4.42 Å². The predicted octanol–water partition coefficient (Wildman–Crippen LogP) is 4.10. The second-order valence-electron chi connectivity index (χ2n) is 7.06. The largest absolute Gasteiger partial charge is 0.455 e. The van der Waals surface area contributed by atoms with Crippen LogP contribution in [-0.4, -0.2) is 21.4 Å². The van der Waals surface area contributed by atoms with Crippen LogP contribution in [0.5, 0.6) is 0 Å². The Balaban J connectivity index is 1.66. The number of fused-ring (bicyclic) bond motifs is 2. The van der Waals surface area contributed by atoms with Gasteiger partial charge in [0.25, 0.3) is 11.5 Å². The van der Waals surface area contributed by atoms with Gasteiger partial charge in [-0.05, 0) is 31.5 Å². The Morgan fingerprint density at radius 2 is 1.87 bits per heavy atom. The van der Waals surface area contributed by atoms with Crippen LogP contribution in [0.4, 0.5) is 0 Å². The van der Waals surface area contributed by atoms with Crippen molar-refractivity contribution in [3.05, 3.63) is 76.4 Å². The summed E-state index contributed by atoms with van der Waals surface area (Å²) in [5, 5.41) is 10.4. The summed E-state index contributed by atoms with van der Waals surface area (Å²) in [6, 6.07) is 16.5. The third-order valence-corrected chi connectivity index (χ3v) is 4.91. The maximum atomic E-state index is 12.9. The third kappa shape index (κ3) is 3.74. The highest BCUT2D eigenvalue weighted by atomic mass is 16.3. The molecule has 0 saturated heterocycles. The quantitative estimate of drug-likeness (QED) is 0.388. The fraction of sp³-hybridized carbons (Fsp3) is 0.217. The Morgan fingerprint density at radius 3 is 2.63 bits per heavy atom. The van der Waals surface area contributed by atoms with Crippen LogP contribution in [0.15, 0.2) is 68.9 Å². The van der Waals surface area contributed by atoms with E-state index in [1.54, 1.807) is 31.2 Å². The topological polar surface area (TPSA) is 89.5 Å². The third-order valence-electron chi connectivity index (χ3n) is 4.91. The molecule has 0 unspecified atom stereocenters. The molecule has 0 atom stereocenters. The van der Waals surface area contributed by atoms with Crippen LogP contribution in [0.2, 0.25) is 0 Å². The Labute approximate surface area is 173 Å². The fourth-order valence-electron chi connectivity index (χ4n) is 3.27. The van der Waals surface area contributed by atoms with E-state index in [-0.39, 0.29) is 11.3 Å². The number of para-hydroxylation sites is 1. The molecule has 30 heavy (non-hydrogen) atoms. The smallest absolute Gasteiger partial charge is 0.292 e. The van der Waals surface area contributed by atoms with E-state index in [0.717, 1.165) is 23.8 Å². The molecule has 1 amide bonds. The van der Waals surface area contributed by atoms with E-state index in [1.165, 1.54) is 4.68 Å². The SMILES string of the molecule is CCCCn1nc(C(=O)N/N=C(/C)c2cc3ccccc3o2)c2ccccc2c1=O. The summed E-state index contributed by atoms with van der Waals surface area (Å²) in [5.74, 6) is 0.0918. The zero-order chi connectivity index (χ0) is 21.1. The van der Waals surface area contributed by atoms with Gasteiger partial charge in [0, 0.05) is 17.3 Å². The lowest BCUT2D eigenvalue weighted by Gasteiger charge is -2.10. The zero-order valence-electron chi connectivity index (χ0n) is 16.9. The number of nitrogens with zero attached hydrogens (tertiary/aromatic N) is 3. The average molecular weight is 402 g/mol. The van der Waals surface area contributed by atoms with Crippen molar-refractivity contribution >= 4 is 33.4 Å². The van der Waals surface area contributed by atoms with Crippen molar-refractivity contribution in [2.24, 2.45) is 5.10 Å². The van der Waals surface area contributed by atoms with Gasteiger partial charge in [0.1, 0.15) is 11.3 Å². The lowest BCUT2D eigenvalue weighted by Crippen LogP contribution is -2.29. The molecule has 0 aliphatic rings. The van der Waals surface area contributed by atoms with E-state index in [9.17, 15) is 9.59 Å². The molecule has 4 rings (SSSR count). The van der Waals surface area contributed by atoms with Crippen molar-refractivity contribution in [3.63, 3.8) is 0 Å². The lowest BCUT2D eigenvalue weighted by atomic mass is 10.1. The minimum Gasteiger partial charge on any atom is -0.455 e. The van der Waals surface area contributed by atoms with Crippen LogP contribution >= 0.6 is 0 Å². The van der Waals surface area contributed by atoms with E-state index in [2.05, 4.69) is 15.6 Å². The first-order valence-corrected chi connectivity index (χ1v) is 9.92. The number of carbonyl (C=O) groups is 1. The van der Waals surface area contributed by atoms with Crippen molar-refractivity contribution in [1.82, 2.24) is 15.2 Å². The van der Waals surface area contributed by atoms with Gasteiger partial charge < -0.3 is 4.42 Å². The molecule has 7 heteroatoms. The first kappa shape index (κ1) is 19.6. The second kappa shape index (κ2) is 8.32. The Hall–Kier alpha value is -3.74. The molecule has 0 aliphatic carbocycles. The number of carbonyl (C=O) groups excluding carboxylic acids is 1. The summed E-state index contributed by atoms with van der Waals surface area (Å²) >= 11 is 0. The first-order chi connectivity index (χ1) is 14.6. The molecule has 2 aromatic heterocycles. The summed E-state index contributed by atoms with van der Waals surface area (Å²) < 4.78 is 7.13. The number of rotatable bonds is 6. The number of furan rings is 1. The first-order valence-electron chi connectivity index (χ1n) is 9.92. The van der Waals surface area contributed by atoms with Crippen molar-refractivity contribution in [2.45, 2.75) is 33.2 Å². The molecule has 2 heterocycles. The van der Waals surface area contributed by atoms with Crippen LogP contribution in [0, 0.1) is 0 Å². The van der Waals surface area contributed by atoms with E-state index in [1.807, 2.05) is 37.3 Å². The van der Waals surface area contributed by atoms with Gasteiger partial charge in [0.15, 0.2) is 11.5 Å². The number of hydrazone groups is 1. The van der Waals surface area contributed by atoms with Gasteiger partial charge in [-0.3, -0.25) is 9.59 Å². The predicted molar refractivity (Wildman–Crippen MR) is 117 cm³/mol. The summed E-state index contributed by atoms with van der Waals surface area (Å²) in [6.07, 6.45) is 1.72. The van der Waals surface area contributed by atoms with Gasteiger partial charge in [-0.15, -0.1) is 0 Å². The van der Waals surface area contributed by atoms with Gasteiger partial charge in [-0.25, -0.2) is 10.1 Å².